The predicted octanol–water partition coefficient (Wildman–Crippen LogP) is 2.12. The Hall–Kier alpha value is -1.58. The first-order valence-electron chi connectivity index (χ1n) is 5.77. The molecule has 0 heterocycles. The monoisotopic (exact) mass is 239 g/mol. The molecule has 0 aromatic carbocycles. The fourth-order valence-electron chi connectivity index (χ4n) is 1.25. The number of nitrogens with one attached hydrogen (secondary N) is 1. The van der Waals surface area contributed by atoms with Gasteiger partial charge in [0.1, 0.15) is 6.04 Å². The minimum Gasteiger partial charge on any atom is -0.480 e. The third-order valence-corrected chi connectivity index (χ3v) is 2.66. The maximum absolute atomic E-state index is 11.7. The Morgan fingerprint density at radius 3 is 2.41 bits per heavy atom. The third-order valence-electron chi connectivity index (χ3n) is 2.66. The lowest BCUT2D eigenvalue weighted by atomic mass is 9.99. The van der Waals surface area contributed by atoms with Crippen LogP contribution in [0.3, 0.4) is 0 Å². The highest BCUT2D eigenvalue weighted by atomic mass is 16.4. The lowest BCUT2D eigenvalue weighted by Gasteiger charge is -2.20. The summed E-state index contributed by atoms with van der Waals surface area (Å²) < 4.78 is 0. The van der Waals surface area contributed by atoms with Gasteiger partial charge in [0, 0.05) is 5.57 Å². The largest absolute Gasteiger partial charge is 0.480 e. The van der Waals surface area contributed by atoms with Crippen molar-refractivity contribution >= 4 is 11.9 Å². The van der Waals surface area contributed by atoms with Gasteiger partial charge in [-0.25, -0.2) is 4.79 Å². The summed E-state index contributed by atoms with van der Waals surface area (Å²) in [5.41, 5.74) is 0.498. The molecule has 2 unspecified atom stereocenters. The average molecular weight is 239 g/mol. The van der Waals surface area contributed by atoms with E-state index in [-0.39, 0.29) is 11.8 Å². The smallest absolute Gasteiger partial charge is 0.326 e. The zero-order chi connectivity index (χ0) is 13.4. The van der Waals surface area contributed by atoms with Gasteiger partial charge >= 0.3 is 5.97 Å². The van der Waals surface area contributed by atoms with Gasteiger partial charge in [-0.15, -0.1) is 0 Å². The highest BCUT2D eigenvalue weighted by Crippen LogP contribution is 2.08. The van der Waals surface area contributed by atoms with Crippen LogP contribution in [0.4, 0.5) is 0 Å². The van der Waals surface area contributed by atoms with Crippen LogP contribution in [0, 0.1) is 5.92 Å². The lowest BCUT2D eigenvalue weighted by Crippen LogP contribution is -2.45. The molecule has 0 bridgehead atoms. The highest BCUT2D eigenvalue weighted by molar-refractivity contribution is 5.95. The number of aliphatic carboxylic acids is 1. The molecule has 0 aliphatic heterocycles. The predicted molar refractivity (Wildman–Crippen MR) is 67.6 cm³/mol. The zero-order valence-electron chi connectivity index (χ0n) is 10.9. The van der Waals surface area contributed by atoms with Crippen molar-refractivity contribution in [2.75, 3.05) is 0 Å². The second kappa shape index (κ2) is 7.65. The first-order chi connectivity index (χ1) is 7.93. The van der Waals surface area contributed by atoms with Crippen LogP contribution in [0.15, 0.2) is 23.8 Å². The second-order valence-electron chi connectivity index (χ2n) is 4.05. The van der Waals surface area contributed by atoms with E-state index in [0.29, 0.717) is 12.0 Å². The van der Waals surface area contributed by atoms with Crippen LogP contribution >= 0.6 is 0 Å². The summed E-state index contributed by atoms with van der Waals surface area (Å²) in [6.45, 7) is 7.21. The molecule has 96 valence electrons. The van der Waals surface area contributed by atoms with Gasteiger partial charge in [0.05, 0.1) is 0 Å². The Morgan fingerprint density at radius 1 is 1.41 bits per heavy atom. The van der Waals surface area contributed by atoms with E-state index < -0.39 is 12.0 Å². The molecule has 0 aromatic heterocycles. The van der Waals surface area contributed by atoms with E-state index in [1.54, 1.807) is 25.2 Å². The standard InChI is InChI=1S/C13H21NO3/c1-5-7-8-10(4)12(15)14-11(13(16)17)9(3)6-2/h5,7-9,11H,6H2,1-4H3,(H,14,15)(H,16,17)/b7-5+,10-8+. The lowest BCUT2D eigenvalue weighted by molar-refractivity contribution is -0.142. The SMILES string of the molecule is C/C=C/C=C(\C)C(=O)NC(C(=O)O)C(C)CC. The second-order valence-corrected chi connectivity index (χ2v) is 4.05. The number of carboxylic acid groups (broad SMARTS) is 1. The van der Waals surface area contributed by atoms with E-state index in [2.05, 4.69) is 5.32 Å². The van der Waals surface area contributed by atoms with Gasteiger partial charge in [-0.05, 0) is 19.8 Å². The Balaban J connectivity index is 4.67. The number of carboxylic acids is 1. The molecular formula is C13H21NO3. The minimum absolute atomic E-state index is 0.0917. The summed E-state index contributed by atoms with van der Waals surface area (Å²) in [6.07, 6.45) is 5.91. The molecule has 17 heavy (non-hydrogen) atoms. The molecule has 2 atom stereocenters. The molecule has 0 saturated heterocycles. The van der Waals surface area contributed by atoms with Gasteiger partial charge in [0.2, 0.25) is 5.91 Å². The van der Waals surface area contributed by atoms with Gasteiger partial charge in [-0.2, -0.15) is 0 Å². The summed E-state index contributed by atoms with van der Waals surface area (Å²) in [5, 5.41) is 11.6. The summed E-state index contributed by atoms with van der Waals surface area (Å²) in [5.74, 6) is -1.42. The van der Waals surface area contributed by atoms with E-state index in [9.17, 15) is 9.59 Å². The molecule has 1 amide bonds. The first-order valence-corrected chi connectivity index (χ1v) is 5.77. The van der Waals surface area contributed by atoms with Crippen LogP contribution in [0.2, 0.25) is 0 Å². The number of allylic oxidation sites excluding steroid dienone is 3. The van der Waals surface area contributed by atoms with Crippen LogP contribution in [0.5, 0.6) is 0 Å². The molecule has 0 aliphatic carbocycles. The first kappa shape index (κ1) is 15.4. The number of rotatable bonds is 6. The number of amides is 1. The van der Waals surface area contributed by atoms with E-state index in [0.717, 1.165) is 0 Å². The van der Waals surface area contributed by atoms with Crippen LogP contribution in [0.1, 0.15) is 34.1 Å². The van der Waals surface area contributed by atoms with Gasteiger partial charge in [-0.1, -0.05) is 38.5 Å². The van der Waals surface area contributed by atoms with Crippen molar-refractivity contribution in [1.29, 1.82) is 0 Å². The van der Waals surface area contributed by atoms with Gasteiger partial charge in [0.15, 0.2) is 0 Å². The molecule has 0 aliphatic rings. The van der Waals surface area contributed by atoms with Crippen molar-refractivity contribution in [2.45, 2.75) is 40.2 Å². The summed E-state index contributed by atoms with van der Waals surface area (Å²) in [6, 6.07) is -0.832. The van der Waals surface area contributed by atoms with E-state index in [1.807, 2.05) is 20.8 Å². The molecule has 0 spiro atoms. The van der Waals surface area contributed by atoms with Crippen LogP contribution in [0.25, 0.3) is 0 Å². The van der Waals surface area contributed by atoms with Crippen molar-refractivity contribution in [3.63, 3.8) is 0 Å². The summed E-state index contributed by atoms with van der Waals surface area (Å²) >= 11 is 0. The average Bonchev–Trinajstić information content (AvgIpc) is 2.31. The van der Waals surface area contributed by atoms with Gasteiger partial charge in [0.25, 0.3) is 0 Å². The molecule has 0 radical (unpaired) electrons. The van der Waals surface area contributed by atoms with E-state index in [1.165, 1.54) is 0 Å². The Labute approximate surface area is 102 Å². The third kappa shape index (κ3) is 5.33. The number of carbonyl (C=O) groups excluding carboxylic acids is 1. The number of carbonyl (C=O) groups is 2. The normalized spacial score (nSPS) is 15.6. The quantitative estimate of drug-likeness (QED) is 0.551. The zero-order valence-corrected chi connectivity index (χ0v) is 10.9. The molecule has 0 fully saturated rings. The fourth-order valence-corrected chi connectivity index (χ4v) is 1.25. The highest BCUT2D eigenvalue weighted by Gasteiger charge is 2.25. The molecule has 2 N–H and O–H groups in total. The van der Waals surface area contributed by atoms with Crippen molar-refractivity contribution in [2.24, 2.45) is 5.92 Å². The maximum atomic E-state index is 11.7. The minimum atomic E-state index is -0.994. The summed E-state index contributed by atoms with van der Waals surface area (Å²) in [7, 11) is 0. The molecule has 4 heteroatoms. The maximum Gasteiger partial charge on any atom is 0.326 e. The number of hydrogen-bond acceptors (Lipinski definition) is 2. The van der Waals surface area contributed by atoms with Crippen LogP contribution in [-0.2, 0) is 9.59 Å². The Morgan fingerprint density at radius 2 is 2.00 bits per heavy atom. The van der Waals surface area contributed by atoms with Gasteiger partial charge < -0.3 is 10.4 Å². The Bertz CT molecular complexity index is 332. The van der Waals surface area contributed by atoms with Crippen molar-refractivity contribution < 1.29 is 14.7 Å². The fraction of sp³-hybridized carbons (Fsp3) is 0.538. The Kier molecular flexibility index (Phi) is 6.94. The number of hydrogen-bond donors (Lipinski definition) is 2. The summed E-state index contributed by atoms with van der Waals surface area (Å²) in [4.78, 5) is 22.7. The van der Waals surface area contributed by atoms with E-state index >= 15 is 0 Å². The molecular weight excluding hydrogens is 218 g/mol. The molecule has 0 rings (SSSR count). The van der Waals surface area contributed by atoms with Gasteiger partial charge in [-0.3, -0.25) is 4.79 Å². The van der Waals surface area contributed by atoms with Crippen molar-refractivity contribution in [3.05, 3.63) is 23.8 Å². The van der Waals surface area contributed by atoms with E-state index in [4.69, 9.17) is 5.11 Å². The van der Waals surface area contributed by atoms with Crippen molar-refractivity contribution in [1.82, 2.24) is 5.32 Å². The van der Waals surface area contributed by atoms with Crippen LogP contribution in [-0.4, -0.2) is 23.0 Å². The molecule has 0 aromatic rings. The molecule has 4 nitrogen and oxygen atoms in total. The topological polar surface area (TPSA) is 66.4 Å². The molecule has 0 saturated carbocycles. The van der Waals surface area contributed by atoms with Crippen molar-refractivity contribution in [3.8, 4) is 0 Å². The van der Waals surface area contributed by atoms with Crippen LogP contribution < -0.4 is 5.32 Å².